The smallest absolute Gasteiger partial charge is 0.435 e. The number of nitrogens with one attached hydrogen (secondary N) is 3. The molecule has 0 aliphatic carbocycles. The molecule has 8 nitrogen and oxygen atoms in total. The molecule has 0 aliphatic heterocycles. The molecule has 5 N–H and O–H groups in total. The van der Waals surface area contributed by atoms with Crippen LogP contribution < -0.4 is 34.1 Å². The highest BCUT2D eigenvalue weighted by Crippen LogP contribution is 2.55. The molecule has 0 unspecified atom stereocenters. The van der Waals surface area contributed by atoms with E-state index < -0.39 is 70.1 Å². The highest BCUT2D eigenvalue weighted by Gasteiger charge is 2.74. The Morgan fingerprint density at radius 2 is 0.716 bits per heavy atom. The number of amides is 3. The van der Waals surface area contributed by atoms with Crippen molar-refractivity contribution in [3.8, 4) is 0 Å². The van der Waals surface area contributed by atoms with Crippen molar-refractivity contribution in [1.82, 2.24) is 0 Å². The van der Waals surface area contributed by atoms with Gasteiger partial charge in [-0.15, -0.1) is 0 Å². The summed E-state index contributed by atoms with van der Waals surface area (Å²) in [5.41, 5.74) is -7.98. The molecule has 0 bridgehead atoms. The number of hydrogen-bond acceptors (Lipinski definition) is 5. The second-order valence-electron chi connectivity index (χ2n) is 15.9. The van der Waals surface area contributed by atoms with Crippen molar-refractivity contribution < 1.29 is 93.1 Å². The number of nitrogens with two attached hydrogens (primary N) is 1. The number of benzene rings is 6. The summed E-state index contributed by atoms with van der Waals surface area (Å²) in [7, 11) is 0. The summed E-state index contributed by atoms with van der Waals surface area (Å²) >= 11 is 5.16. The summed E-state index contributed by atoms with van der Waals surface area (Å²) in [5, 5.41) is 7.04. The third-order valence-electron chi connectivity index (χ3n) is 10.5. The fourth-order valence-electron chi connectivity index (χ4n) is 6.85. The molecular weight excluding hydrogens is 1060 g/mol. The third-order valence-corrected chi connectivity index (χ3v) is 10.7. The zero-order valence-electron chi connectivity index (χ0n) is 38.5. The molecule has 0 radical (unpaired) electrons. The van der Waals surface area contributed by atoms with Crippen LogP contribution in [0.4, 0.5) is 84.2 Å². The van der Waals surface area contributed by atoms with Gasteiger partial charge in [-0.05, 0) is 110 Å². The fourth-order valence-corrected chi connectivity index (χ4v) is 6.97. The van der Waals surface area contributed by atoms with E-state index in [1.54, 1.807) is 54.6 Å². The van der Waals surface area contributed by atoms with Crippen LogP contribution in [0.5, 0.6) is 0 Å². The van der Waals surface area contributed by atoms with Crippen LogP contribution in [0.2, 0.25) is 0 Å². The van der Waals surface area contributed by atoms with Gasteiger partial charge in [0.2, 0.25) is 0 Å². The Bertz CT molecular complexity index is 2890. The predicted molar refractivity (Wildman–Crippen MR) is 246 cm³/mol. The van der Waals surface area contributed by atoms with Crippen molar-refractivity contribution >= 4 is 57.3 Å². The van der Waals surface area contributed by atoms with Gasteiger partial charge in [-0.25, -0.2) is 8.78 Å². The van der Waals surface area contributed by atoms with E-state index in [0.717, 1.165) is 13.8 Å². The number of carbonyl (C=O) groups excluding carboxylic acids is 4. The summed E-state index contributed by atoms with van der Waals surface area (Å²) in [6.07, 6.45) is -24.9. The second kappa shape index (κ2) is 23.8. The molecule has 0 heterocycles. The summed E-state index contributed by atoms with van der Waals surface area (Å²) in [6, 6.07) is 30.2. The number of halogens is 16. The summed E-state index contributed by atoms with van der Waals surface area (Å²) in [6.45, 7) is 4.63. The molecule has 0 aromatic heterocycles. The van der Waals surface area contributed by atoms with Gasteiger partial charge in [0.1, 0.15) is 0 Å². The molecule has 74 heavy (non-hydrogen) atoms. The molecule has 0 aliphatic rings. The maximum absolute atomic E-state index is 14.5. The minimum absolute atomic E-state index is 0. The molecule has 0 spiro atoms. The quantitative estimate of drug-likeness (QED) is 0.0651. The van der Waals surface area contributed by atoms with Gasteiger partial charge in [-0.3, -0.25) is 19.2 Å². The molecule has 0 saturated heterocycles. The van der Waals surface area contributed by atoms with Crippen molar-refractivity contribution in [1.29, 1.82) is 0 Å². The number of aryl methyl sites for hydroxylation is 4. The highest BCUT2D eigenvalue weighted by atomic mass is 35.5. The molecule has 0 atom stereocenters. The standard InChI is InChI=1S/C25H19F7N2O2.C18H15F7N2O.C7H5ClO.ClH/c1-14-11-18(23(26,24(27,28)29)25(30,31)32)12-15(2)20(14)34-22(36)17-9-6-10-19(13-17)33-21(35)16-7-4-3-5-8-16;1-9-6-12(16(19,17(20,21)22)18(23,24)25)7-10(2)14(9)27-15(28)11-4-3-5-13(26)8-11;8-7(9)6-4-2-1-3-5-6;/h3-13H,1-2H3,(H,33,35)(H,34,36);3-8H,26H2,1-2H3,(H,27,28);1-5H;1H/p-1. The lowest BCUT2D eigenvalue weighted by Crippen LogP contribution is -3.00. The van der Waals surface area contributed by atoms with E-state index in [1.807, 2.05) is 6.07 Å². The van der Waals surface area contributed by atoms with Crippen LogP contribution in [0.15, 0.2) is 133 Å². The van der Waals surface area contributed by atoms with Crippen LogP contribution in [0.25, 0.3) is 0 Å². The van der Waals surface area contributed by atoms with Gasteiger partial charge < -0.3 is 34.1 Å². The summed E-state index contributed by atoms with van der Waals surface area (Å²) in [4.78, 5) is 47.8. The van der Waals surface area contributed by atoms with Crippen molar-refractivity contribution in [3.05, 3.63) is 189 Å². The van der Waals surface area contributed by atoms with E-state index in [1.165, 1.54) is 62.4 Å². The van der Waals surface area contributed by atoms with Crippen LogP contribution in [0.3, 0.4) is 0 Å². The van der Waals surface area contributed by atoms with Crippen LogP contribution in [-0.4, -0.2) is 47.7 Å². The summed E-state index contributed by atoms with van der Waals surface area (Å²) < 4.78 is 185. The van der Waals surface area contributed by atoms with Gasteiger partial charge in [0, 0.05) is 56.1 Å². The largest absolute Gasteiger partial charge is 1.00 e. The van der Waals surface area contributed by atoms with Gasteiger partial charge in [0.15, 0.2) is 0 Å². The molecule has 0 saturated carbocycles. The van der Waals surface area contributed by atoms with E-state index in [9.17, 15) is 80.6 Å². The topological polar surface area (TPSA) is 130 Å². The monoisotopic (exact) mass is 1100 g/mol. The Morgan fingerprint density at radius 1 is 0.405 bits per heavy atom. The Labute approximate surface area is 423 Å². The maximum Gasteiger partial charge on any atom is 0.435 e. The van der Waals surface area contributed by atoms with Crippen LogP contribution in [0, 0.1) is 27.7 Å². The first-order valence-electron chi connectivity index (χ1n) is 20.7. The number of carbonyl (C=O) groups is 4. The first kappa shape index (κ1) is 61.1. The molecular formula is C50H39Cl2F14N4O4-. The third kappa shape index (κ3) is 14.1. The minimum atomic E-state index is -6.25. The van der Waals surface area contributed by atoms with Crippen molar-refractivity contribution in [2.75, 3.05) is 21.7 Å². The van der Waals surface area contributed by atoms with E-state index >= 15 is 0 Å². The number of nitrogen functional groups attached to an aromatic ring is 1. The minimum Gasteiger partial charge on any atom is -1.00 e. The van der Waals surface area contributed by atoms with Gasteiger partial charge in [-0.1, -0.05) is 84.9 Å². The molecule has 6 rings (SSSR count). The zero-order valence-corrected chi connectivity index (χ0v) is 40.0. The Hall–Kier alpha value is -7.20. The van der Waals surface area contributed by atoms with E-state index in [2.05, 4.69) is 16.0 Å². The van der Waals surface area contributed by atoms with Gasteiger partial charge in [0.25, 0.3) is 23.0 Å². The second-order valence-corrected chi connectivity index (χ2v) is 16.2. The van der Waals surface area contributed by atoms with Gasteiger partial charge >= 0.3 is 36.0 Å². The molecule has 0 fully saturated rings. The van der Waals surface area contributed by atoms with Crippen LogP contribution in [-0.2, 0) is 11.3 Å². The molecule has 6 aromatic carbocycles. The average molecular weight is 1100 g/mol. The number of rotatable bonds is 9. The predicted octanol–water partition coefficient (Wildman–Crippen LogP) is 11.6. The van der Waals surface area contributed by atoms with Crippen LogP contribution in [0.1, 0.15) is 74.8 Å². The van der Waals surface area contributed by atoms with E-state index in [4.69, 9.17) is 17.3 Å². The Kier molecular flexibility index (Phi) is 19.6. The maximum atomic E-state index is 14.5. The lowest BCUT2D eigenvalue weighted by molar-refractivity contribution is -0.349. The van der Waals surface area contributed by atoms with Gasteiger partial charge in [-0.2, -0.15) is 52.7 Å². The zero-order chi connectivity index (χ0) is 55.1. The first-order valence-corrected chi connectivity index (χ1v) is 21.1. The van der Waals surface area contributed by atoms with Crippen molar-refractivity contribution in [3.63, 3.8) is 0 Å². The SMILES string of the molecule is Cc1cc(C(F)(C(F)(F)F)C(F)(F)F)cc(C)c1NC(=O)c1cccc(N)c1.Cc1cc(C(F)(C(F)(F)F)C(F)(F)F)cc(C)c1NC(=O)c1cccc(NC(=O)c2ccccc2)c1.O=C(Cl)c1ccccc1.[Cl-]. The van der Waals surface area contributed by atoms with Crippen molar-refractivity contribution in [2.45, 2.75) is 63.7 Å². The highest BCUT2D eigenvalue weighted by molar-refractivity contribution is 6.67. The molecule has 3 amide bonds. The molecule has 24 heteroatoms. The summed E-state index contributed by atoms with van der Waals surface area (Å²) in [5.74, 6) is -1.85. The Balaban J connectivity index is 0.000000336. The van der Waals surface area contributed by atoms with Crippen LogP contribution >= 0.6 is 11.6 Å². The number of anilines is 4. The van der Waals surface area contributed by atoms with E-state index in [-0.39, 0.29) is 68.5 Å². The first-order chi connectivity index (χ1) is 33.6. The normalized spacial score (nSPS) is 11.9. The fraction of sp³-hybridized carbons (Fsp3) is 0.200. The average Bonchev–Trinajstić information content (AvgIpc) is 3.30. The lowest BCUT2D eigenvalue weighted by Gasteiger charge is -2.31. The molecule has 6 aromatic rings. The van der Waals surface area contributed by atoms with E-state index in [0.29, 0.717) is 35.4 Å². The molecule has 396 valence electrons. The Morgan fingerprint density at radius 3 is 1.04 bits per heavy atom. The van der Waals surface area contributed by atoms with Gasteiger partial charge in [0.05, 0.1) is 0 Å². The number of hydrogen-bond donors (Lipinski definition) is 4. The number of alkyl halides is 14. The van der Waals surface area contributed by atoms with Crippen molar-refractivity contribution in [2.24, 2.45) is 0 Å². The lowest BCUT2D eigenvalue weighted by atomic mass is 9.90.